The average Bonchev–Trinajstić information content (AvgIpc) is 3.28. The fraction of sp³-hybridized carbons (Fsp3) is 0.722. The number of rotatable bonds is 5. The zero-order valence-electron chi connectivity index (χ0n) is 14.2. The van der Waals surface area contributed by atoms with E-state index in [0.717, 1.165) is 77.3 Å². The van der Waals surface area contributed by atoms with E-state index in [0.29, 0.717) is 5.92 Å². The Hall–Kier alpha value is -1.53. The van der Waals surface area contributed by atoms with E-state index in [-0.39, 0.29) is 11.6 Å². The van der Waals surface area contributed by atoms with Crippen LogP contribution in [-0.2, 0) is 11.3 Å². The number of likely N-dealkylation sites (tertiary alicyclic amines) is 2. The molecule has 3 aliphatic heterocycles. The third-order valence-corrected chi connectivity index (χ3v) is 5.70. The molecule has 24 heavy (non-hydrogen) atoms. The Morgan fingerprint density at radius 2 is 2.17 bits per heavy atom. The number of nitrogens with one attached hydrogen (secondary N) is 1. The summed E-state index contributed by atoms with van der Waals surface area (Å²) in [5.41, 5.74) is 0.00493. The van der Waals surface area contributed by atoms with Crippen LogP contribution in [0.4, 0.5) is 4.79 Å². The van der Waals surface area contributed by atoms with Crippen LogP contribution in [0, 0.1) is 5.92 Å². The quantitative estimate of drug-likeness (QED) is 0.896. The van der Waals surface area contributed by atoms with Gasteiger partial charge in [0.2, 0.25) is 0 Å². The average molecular weight is 333 g/mol. The third-order valence-electron chi connectivity index (χ3n) is 5.70. The zero-order chi connectivity index (χ0) is 16.4. The predicted molar refractivity (Wildman–Crippen MR) is 89.6 cm³/mol. The van der Waals surface area contributed by atoms with Crippen molar-refractivity contribution in [3.05, 3.63) is 24.2 Å². The van der Waals surface area contributed by atoms with Crippen LogP contribution in [0.2, 0.25) is 0 Å². The Kier molecular flexibility index (Phi) is 4.50. The topological polar surface area (TPSA) is 58.0 Å². The fourth-order valence-corrected chi connectivity index (χ4v) is 4.37. The van der Waals surface area contributed by atoms with Crippen LogP contribution < -0.4 is 5.32 Å². The molecule has 4 heterocycles. The molecule has 132 valence electrons. The van der Waals surface area contributed by atoms with Gasteiger partial charge >= 0.3 is 6.03 Å². The van der Waals surface area contributed by atoms with Crippen LogP contribution >= 0.6 is 0 Å². The lowest BCUT2D eigenvalue weighted by Crippen LogP contribution is -2.64. The number of carbonyl (C=O) groups is 1. The Morgan fingerprint density at radius 1 is 1.33 bits per heavy atom. The monoisotopic (exact) mass is 333 g/mol. The summed E-state index contributed by atoms with van der Waals surface area (Å²) >= 11 is 0. The highest BCUT2D eigenvalue weighted by molar-refractivity contribution is 5.74. The molecular weight excluding hydrogens is 306 g/mol. The number of ether oxygens (including phenoxy) is 1. The number of carbonyl (C=O) groups excluding carboxylic acids is 1. The minimum absolute atomic E-state index is 0.00493. The molecule has 0 aliphatic carbocycles. The molecule has 6 heteroatoms. The highest BCUT2D eigenvalue weighted by atomic mass is 16.5. The molecular formula is C18H27N3O3. The van der Waals surface area contributed by atoms with Crippen molar-refractivity contribution in [1.82, 2.24) is 15.1 Å². The molecule has 1 aromatic rings. The predicted octanol–water partition coefficient (Wildman–Crippen LogP) is 2.07. The maximum Gasteiger partial charge on any atom is 0.317 e. The standard InChI is InChI=1S/C18H27N3O3/c22-17(21-8-1-2-9-21)19-7-5-15-6-11-24-18(15)13-20(14-18)12-16-4-3-10-23-16/h3-4,10,15H,1-2,5-9,11-14H2,(H,19,22)/t15-/m1/s1. The summed E-state index contributed by atoms with van der Waals surface area (Å²) in [5, 5.41) is 3.09. The first kappa shape index (κ1) is 16.0. The van der Waals surface area contributed by atoms with E-state index >= 15 is 0 Å². The fourth-order valence-electron chi connectivity index (χ4n) is 4.37. The van der Waals surface area contributed by atoms with Gasteiger partial charge in [-0.15, -0.1) is 0 Å². The maximum absolute atomic E-state index is 12.1. The summed E-state index contributed by atoms with van der Waals surface area (Å²) in [7, 11) is 0. The van der Waals surface area contributed by atoms with Crippen LogP contribution in [-0.4, -0.2) is 60.8 Å². The normalized spacial score (nSPS) is 26.0. The Balaban J connectivity index is 1.22. The molecule has 2 amide bonds. The van der Waals surface area contributed by atoms with Crippen molar-refractivity contribution in [2.24, 2.45) is 5.92 Å². The second kappa shape index (κ2) is 6.76. The highest BCUT2D eigenvalue weighted by Gasteiger charge is 2.52. The van der Waals surface area contributed by atoms with Crippen molar-refractivity contribution in [3.63, 3.8) is 0 Å². The van der Waals surface area contributed by atoms with Gasteiger partial charge in [-0.3, -0.25) is 4.90 Å². The Morgan fingerprint density at radius 3 is 2.92 bits per heavy atom. The van der Waals surface area contributed by atoms with Gasteiger partial charge in [0.25, 0.3) is 0 Å². The van der Waals surface area contributed by atoms with Gasteiger partial charge in [-0.05, 0) is 43.7 Å². The molecule has 1 aromatic heterocycles. The van der Waals surface area contributed by atoms with Crippen molar-refractivity contribution in [1.29, 1.82) is 0 Å². The minimum atomic E-state index is 0.00493. The molecule has 0 unspecified atom stereocenters. The largest absolute Gasteiger partial charge is 0.468 e. The smallest absolute Gasteiger partial charge is 0.317 e. The Bertz CT molecular complexity index is 548. The van der Waals surface area contributed by atoms with Crippen molar-refractivity contribution < 1.29 is 13.9 Å². The molecule has 3 aliphatic rings. The van der Waals surface area contributed by atoms with Crippen LogP contribution in [0.1, 0.15) is 31.4 Å². The summed E-state index contributed by atoms with van der Waals surface area (Å²) in [6, 6.07) is 4.06. The SMILES string of the molecule is O=C(NCC[C@@H]1CCOC12CN(Cc1ccco1)C2)N1CCCC1. The van der Waals surface area contributed by atoms with E-state index in [1.165, 1.54) is 0 Å². The second-order valence-electron chi connectivity index (χ2n) is 7.34. The van der Waals surface area contributed by atoms with Gasteiger partial charge in [0.15, 0.2) is 0 Å². The first-order valence-corrected chi connectivity index (χ1v) is 9.17. The minimum Gasteiger partial charge on any atom is -0.468 e. The van der Waals surface area contributed by atoms with Crippen LogP contribution in [0.15, 0.2) is 22.8 Å². The lowest BCUT2D eigenvalue weighted by atomic mass is 9.79. The molecule has 0 radical (unpaired) electrons. The van der Waals surface area contributed by atoms with Crippen LogP contribution in [0.5, 0.6) is 0 Å². The summed E-state index contributed by atoms with van der Waals surface area (Å²) < 4.78 is 11.5. The number of hydrogen-bond donors (Lipinski definition) is 1. The van der Waals surface area contributed by atoms with Crippen LogP contribution in [0.25, 0.3) is 0 Å². The molecule has 0 aromatic carbocycles. The van der Waals surface area contributed by atoms with E-state index in [4.69, 9.17) is 9.15 Å². The van der Waals surface area contributed by atoms with Crippen molar-refractivity contribution in [2.45, 2.75) is 37.8 Å². The molecule has 6 nitrogen and oxygen atoms in total. The van der Waals surface area contributed by atoms with E-state index in [1.54, 1.807) is 6.26 Å². The molecule has 4 rings (SSSR count). The lowest BCUT2D eigenvalue weighted by molar-refractivity contribution is -0.138. The molecule has 1 N–H and O–H groups in total. The van der Waals surface area contributed by atoms with E-state index in [1.807, 2.05) is 17.0 Å². The number of amides is 2. The summed E-state index contributed by atoms with van der Waals surface area (Å²) in [6.45, 7) is 6.21. The van der Waals surface area contributed by atoms with E-state index in [9.17, 15) is 4.79 Å². The molecule has 1 spiro atoms. The van der Waals surface area contributed by atoms with Gasteiger partial charge in [-0.1, -0.05) is 0 Å². The maximum atomic E-state index is 12.1. The first-order chi connectivity index (χ1) is 11.8. The van der Waals surface area contributed by atoms with Gasteiger partial charge < -0.3 is 19.4 Å². The Labute approximate surface area is 143 Å². The van der Waals surface area contributed by atoms with Crippen LogP contribution in [0.3, 0.4) is 0 Å². The van der Waals surface area contributed by atoms with Gasteiger partial charge in [0.05, 0.1) is 18.4 Å². The third kappa shape index (κ3) is 3.17. The molecule has 3 fully saturated rings. The molecule has 0 saturated carbocycles. The number of nitrogens with zero attached hydrogens (tertiary/aromatic N) is 2. The summed E-state index contributed by atoms with van der Waals surface area (Å²) in [6.07, 6.45) is 6.11. The number of furan rings is 1. The first-order valence-electron chi connectivity index (χ1n) is 9.17. The number of hydrogen-bond acceptors (Lipinski definition) is 4. The molecule has 0 bridgehead atoms. The summed E-state index contributed by atoms with van der Waals surface area (Å²) in [4.78, 5) is 16.4. The van der Waals surface area contributed by atoms with E-state index < -0.39 is 0 Å². The number of urea groups is 1. The van der Waals surface area contributed by atoms with Gasteiger partial charge in [-0.2, -0.15) is 0 Å². The van der Waals surface area contributed by atoms with Gasteiger partial charge in [0.1, 0.15) is 5.76 Å². The second-order valence-corrected chi connectivity index (χ2v) is 7.34. The lowest BCUT2D eigenvalue weighted by Gasteiger charge is -2.50. The highest BCUT2D eigenvalue weighted by Crippen LogP contribution is 2.42. The summed E-state index contributed by atoms with van der Waals surface area (Å²) in [5.74, 6) is 1.56. The van der Waals surface area contributed by atoms with E-state index in [2.05, 4.69) is 10.2 Å². The molecule has 1 atom stereocenters. The zero-order valence-corrected chi connectivity index (χ0v) is 14.2. The van der Waals surface area contributed by atoms with Crippen molar-refractivity contribution in [3.8, 4) is 0 Å². The van der Waals surface area contributed by atoms with Crippen molar-refractivity contribution in [2.75, 3.05) is 39.3 Å². The molecule has 3 saturated heterocycles. The van der Waals surface area contributed by atoms with Gasteiger partial charge in [0, 0.05) is 39.3 Å². The van der Waals surface area contributed by atoms with Crippen molar-refractivity contribution >= 4 is 6.03 Å². The van der Waals surface area contributed by atoms with Gasteiger partial charge in [-0.25, -0.2) is 4.79 Å².